The van der Waals surface area contributed by atoms with Gasteiger partial charge in [-0.15, -0.1) is 0 Å². The fourth-order valence-electron chi connectivity index (χ4n) is 3.15. The Morgan fingerprint density at radius 3 is 1.39 bits per heavy atom. The van der Waals surface area contributed by atoms with Gasteiger partial charge in [0.25, 0.3) is 0 Å². The largest absolute Gasteiger partial charge is 0.504 e. The topological polar surface area (TPSA) is 181 Å². The highest BCUT2D eigenvalue weighted by atomic mass is 16.5. The number of nitrogens with zero attached hydrogens (tertiary/aromatic N) is 2. The zero-order chi connectivity index (χ0) is 27.7. The van der Waals surface area contributed by atoms with Crippen molar-refractivity contribution >= 4 is 24.1 Å². The summed E-state index contributed by atoms with van der Waals surface area (Å²) >= 11 is 0. The van der Waals surface area contributed by atoms with Crippen molar-refractivity contribution in [2.75, 3.05) is 0 Å². The molecule has 0 radical (unpaired) electrons. The first-order valence-electron chi connectivity index (χ1n) is 10.9. The molecule has 4 N–H and O–H groups in total. The second-order valence-corrected chi connectivity index (χ2v) is 7.76. The maximum absolute atomic E-state index is 12.4. The van der Waals surface area contributed by atoms with Crippen LogP contribution >= 0.6 is 0 Å². The number of benzene rings is 3. The second kappa shape index (κ2) is 12.3. The second-order valence-electron chi connectivity index (χ2n) is 7.76. The van der Waals surface area contributed by atoms with Crippen LogP contribution in [0.15, 0.2) is 71.8 Å². The third kappa shape index (κ3) is 6.90. The molecule has 3 aromatic carbocycles. The molecule has 0 aliphatic rings. The summed E-state index contributed by atoms with van der Waals surface area (Å²) in [7, 11) is 0. The molecular formula is C28H20N2O8. The van der Waals surface area contributed by atoms with Crippen molar-refractivity contribution in [2.45, 2.75) is 13.2 Å². The Morgan fingerprint density at radius 1 is 0.658 bits per heavy atom. The monoisotopic (exact) mass is 512 g/mol. The molecule has 3 aromatic rings. The first-order chi connectivity index (χ1) is 18.2. The highest BCUT2D eigenvalue weighted by molar-refractivity contribution is 5.98. The van der Waals surface area contributed by atoms with Gasteiger partial charge in [-0.2, -0.15) is 10.5 Å². The minimum Gasteiger partial charge on any atom is -0.504 e. The molecule has 0 aliphatic heterocycles. The van der Waals surface area contributed by atoms with E-state index in [9.17, 15) is 40.5 Å². The van der Waals surface area contributed by atoms with Crippen molar-refractivity contribution in [3.8, 4) is 35.1 Å². The quantitative estimate of drug-likeness (QED) is 0.150. The summed E-state index contributed by atoms with van der Waals surface area (Å²) < 4.78 is 10.5. The maximum atomic E-state index is 12.4. The van der Waals surface area contributed by atoms with Gasteiger partial charge < -0.3 is 29.9 Å². The van der Waals surface area contributed by atoms with Crippen molar-refractivity contribution < 1.29 is 39.5 Å². The number of nitriles is 2. The number of rotatable bonds is 8. The van der Waals surface area contributed by atoms with Crippen LogP contribution in [0.1, 0.15) is 22.3 Å². The molecule has 0 saturated heterocycles. The van der Waals surface area contributed by atoms with Crippen LogP contribution in [-0.2, 0) is 32.3 Å². The molecule has 190 valence electrons. The van der Waals surface area contributed by atoms with Gasteiger partial charge in [0.05, 0.1) is 0 Å². The number of ether oxygens (including phenoxy) is 2. The molecule has 38 heavy (non-hydrogen) atoms. The van der Waals surface area contributed by atoms with Gasteiger partial charge in [-0.05, 0) is 58.7 Å². The molecule has 0 aromatic heterocycles. The molecule has 0 heterocycles. The lowest BCUT2D eigenvalue weighted by atomic mass is 10.1. The van der Waals surface area contributed by atoms with E-state index < -0.39 is 23.4 Å². The number of hydrogen-bond donors (Lipinski definition) is 4. The van der Waals surface area contributed by atoms with Crippen LogP contribution in [0.25, 0.3) is 12.2 Å². The standard InChI is InChI=1S/C28H20N2O8/c29-13-21(9-17-5-7-23(31)25(33)11-17)27(35)37-15-19-3-1-2-4-20(19)16-38-28(36)22(14-30)10-18-6-8-24(32)26(34)12-18/h1-12,31-34H,15-16H2/b21-9+,22-10+. The molecule has 3 rings (SSSR count). The third-order valence-corrected chi connectivity index (χ3v) is 5.14. The average molecular weight is 512 g/mol. The number of carbonyl (C=O) groups is 2. The molecule has 0 saturated carbocycles. The zero-order valence-electron chi connectivity index (χ0n) is 19.7. The van der Waals surface area contributed by atoms with Crippen LogP contribution in [0.3, 0.4) is 0 Å². The number of phenolic OH excluding ortho intramolecular Hbond substituents is 4. The number of hydrogen-bond acceptors (Lipinski definition) is 10. The predicted octanol–water partition coefficient (Wildman–Crippen LogP) is 3.81. The highest BCUT2D eigenvalue weighted by Crippen LogP contribution is 2.27. The molecule has 0 amide bonds. The van der Waals surface area contributed by atoms with Crippen LogP contribution in [0, 0.1) is 22.7 Å². The molecule has 0 unspecified atom stereocenters. The molecule has 0 fully saturated rings. The van der Waals surface area contributed by atoms with Gasteiger partial charge in [0.1, 0.15) is 36.5 Å². The van der Waals surface area contributed by atoms with Crippen LogP contribution < -0.4 is 0 Å². The van der Waals surface area contributed by atoms with Gasteiger partial charge in [0.2, 0.25) is 0 Å². The molecule has 0 aliphatic carbocycles. The van der Waals surface area contributed by atoms with Gasteiger partial charge in [0, 0.05) is 0 Å². The summed E-state index contributed by atoms with van der Waals surface area (Å²) in [5.41, 5.74) is 0.874. The fraction of sp³-hybridized carbons (Fsp3) is 0.0714. The highest BCUT2D eigenvalue weighted by Gasteiger charge is 2.15. The Hall–Kier alpha value is -5.74. The van der Waals surface area contributed by atoms with Gasteiger partial charge >= 0.3 is 11.9 Å². The molecule has 10 nitrogen and oxygen atoms in total. The van der Waals surface area contributed by atoms with E-state index in [2.05, 4.69) is 0 Å². The number of esters is 2. The summed E-state index contributed by atoms with van der Waals surface area (Å²) in [6, 6.07) is 17.6. The van der Waals surface area contributed by atoms with E-state index in [0.717, 1.165) is 0 Å². The minimum atomic E-state index is -0.932. The number of carbonyl (C=O) groups excluding carboxylic acids is 2. The molecule has 0 atom stereocenters. The summed E-state index contributed by atoms with van der Waals surface area (Å²) in [6.45, 7) is -0.500. The predicted molar refractivity (Wildman–Crippen MR) is 133 cm³/mol. The van der Waals surface area contributed by atoms with Crippen molar-refractivity contribution in [3.05, 3.63) is 94.1 Å². The SMILES string of the molecule is N#C/C(=C\c1ccc(O)c(O)c1)C(=O)OCc1ccccc1COC(=O)/C(C#N)=C/c1ccc(O)c(O)c1. The van der Waals surface area contributed by atoms with Crippen LogP contribution in [0.2, 0.25) is 0 Å². The Labute approximate surface area is 216 Å². The number of aromatic hydroxyl groups is 4. The van der Waals surface area contributed by atoms with Gasteiger partial charge in [-0.1, -0.05) is 36.4 Å². The van der Waals surface area contributed by atoms with E-state index >= 15 is 0 Å². The Bertz CT molecular complexity index is 1410. The summed E-state index contributed by atoms with van der Waals surface area (Å²) in [5.74, 6) is -3.39. The smallest absolute Gasteiger partial charge is 0.349 e. The van der Waals surface area contributed by atoms with Crippen molar-refractivity contribution in [1.82, 2.24) is 0 Å². The lowest BCUT2D eigenvalue weighted by Crippen LogP contribution is -2.10. The van der Waals surface area contributed by atoms with E-state index in [1.807, 2.05) is 0 Å². The van der Waals surface area contributed by atoms with Crippen LogP contribution in [-0.4, -0.2) is 32.4 Å². The summed E-state index contributed by atoms with van der Waals surface area (Å²) in [5, 5.41) is 56.6. The Kier molecular flexibility index (Phi) is 8.69. The zero-order valence-corrected chi connectivity index (χ0v) is 19.7. The normalized spacial score (nSPS) is 11.2. The molecule has 0 bridgehead atoms. The maximum Gasteiger partial charge on any atom is 0.349 e. The van der Waals surface area contributed by atoms with E-state index in [-0.39, 0.29) is 35.9 Å². The first kappa shape index (κ1) is 26.9. The minimum absolute atomic E-state index is 0.250. The van der Waals surface area contributed by atoms with Crippen molar-refractivity contribution in [2.24, 2.45) is 0 Å². The lowest BCUT2D eigenvalue weighted by Gasteiger charge is -2.11. The Balaban J connectivity index is 1.67. The average Bonchev–Trinajstić information content (AvgIpc) is 2.91. The van der Waals surface area contributed by atoms with Crippen molar-refractivity contribution in [1.29, 1.82) is 10.5 Å². The van der Waals surface area contributed by atoms with E-state index in [1.165, 1.54) is 48.6 Å². The molecule has 10 heteroatoms. The third-order valence-electron chi connectivity index (χ3n) is 5.14. The van der Waals surface area contributed by atoms with Gasteiger partial charge in [-0.25, -0.2) is 9.59 Å². The number of phenols is 4. The summed E-state index contributed by atoms with van der Waals surface area (Å²) in [4.78, 5) is 24.9. The van der Waals surface area contributed by atoms with Crippen LogP contribution in [0.5, 0.6) is 23.0 Å². The van der Waals surface area contributed by atoms with Crippen LogP contribution in [0.4, 0.5) is 0 Å². The van der Waals surface area contributed by atoms with E-state index in [1.54, 1.807) is 36.4 Å². The summed E-state index contributed by atoms with van der Waals surface area (Å²) in [6.07, 6.45) is 2.39. The Morgan fingerprint density at radius 2 is 1.05 bits per heavy atom. The van der Waals surface area contributed by atoms with E-state index in [0.29, 0.717) is 22.3 Å². The first-order valence-corrected chi connectivity index (χ1v) is 10.9. The molecule has 0 spiro atoms. The fourth-order valence-corrected chi connectivity index (χ4v) is 3.15. The lowest BCUT2D eigenvalue weighted by molar-refractivity contribution is -0.141. The molecular weight excluding hydrogens is 492 g/mol. The van der Waals surface area contributed by atoms with Gasteiger partial charge in [0.15, 0.2) is 23.0 Å². The van der Waals surface area contributed by atoms with Crippen molar-refractivity contribution in [3.63, 3.8) is 0 Å². The van der Waals surface area contributed by atoms with Gasteiger partial charge in [-0.3, -0.25) is 0 Å². The van der Waals surface area contributed by atoms with E-state index in [4.69, 9.17) is 9.47 Å².